The molecule has 0 aromatic carbocycles. The molecule has 0 spiro atoms. The maximum absolute atomic E-state index is 5.08. The zero-order valence-electron chi connectivity index (χ0n) is 13.2. The molecule has 1 aromatic heterocycles. The van der Waals surface area contributed by atoms with E-state index in [0.29, 0.717) is 18.5 Å². The molecule has 0 aliphatic heterocycles. The van der Waals surface area contributed by atoms with Gasteiger partial charge in [0.1, 0.15) is 18.2 Å². The molecule has 0 aliphatic rings. The molecule has 1 heterocycles. The highest BCUT2D eigenvalue weighted by Gasteiger charge is 2.05. The molecule has 0 saturated carbocycles. The van der Waals surface area contributed by atoms with Crippen molar-refractivity contribution in [2.45, 2.75) is 32.9 Å². The van der Waals surface area contributed by atoms with E-state index in [1.54, 1.807) is 7.11 Å². The second kappa shape index (κ2) is 8.71. The minimum absolute atomic E-state index is 0.417. The number of nitrogens with one attached hydrogen (secondary N) is 2. The second-order valence-corrected chi connectivity index (χ2v) is 5.09. The standard InChI is InChI=1S/C14H27N5O/c1-11(2)19(4)8-6-7-16-13-9-12(15-3)17-14(18-13)10-20-5/h9,11H,6-8,10H2,1-5H3,(H2,15,16,17,18). The van der Waals surface area contributed by atoms with Gasteiger partial charge < -0.3 is 20.3 Å². The molecule has 0 amide bonds. The SMILES string of the molecule is CNc1cc(NCCCN(C)C(C)C)nc(COC)n1. The Bertz CT molecular complexity index is 397. The van der Waals surface area contributed by atoms with Crippen LogP contribution in [0.5, 0.6) is 0 Å². The van der Waals surface area contributed by atoms with Crippen LogP contribution in [0.15, 0.2) is 6.07 Å². The van der Waals surface area contributed by atoms with Crippen LogP contribution in [0.4, 0.5) is 11.6 Å². The summed E-state index contributed by atoms with van der Waals surface area (Å²) in [6.45, 7) is 6.78. The lowest BCUT2D eigenvalue weighted by Gasteiger charge is -2.20. The lowest BCUT2D eigenvalue weighted by Crippen LogP contribution is -2.28. The van der Waals surface area contributed by atoms with Gasteiger partial charge in [-0.3, -0.25) is 0 Å². The Hall–Kier alpha value is -1.40. The van der Waals surface area contributed by atoms with Gasteiger partial charge in [0.05, 0.1) is 0 Å². The number of rotatable bonds is 9. The third-order valence-corrected chi connectivity index (χ3v) is 3.18. The summed E-state index contributed by atoms with van der Waals surface area (Å²) in [6, 6.07) is 2.49. The predicted octanol–water partition coefficient (Wildman–Crippen LogP) is 1.81. The van der Waals surface area contributed by atoms with Crippen LogP contribution in [0.25, 0.3) is 0 Å². The van der Waals surface area contributed by atoms with E-state index in [2.05, 4.69) is 46.4 Å². The first-order valence-electron chi connectivity index (χ1n) is 7.05. The van der Waals surface area contributed by atoms with Crippen LogP contribution in [0.1, 0.15) is 26.1 Å². The number of anilines is 2. The first kappa shape index (κ1) is 16.7. The highest BCUT2D eigenvalue weighted by molar-refractivity contribution is 5.47. The molecule has 0 fully saturated rings. The number of ether oxygens (including phenoxy) is 1. The van der Waals surface area contributed by atoms with Gasteiger partial charge in [0, 0.05) is 32.8 Å². The van der Waals surface area contributed by atoms with E-state index in [0.717, 1.165) is 31.1 Å². The predicted molar refractivity (Wildman–Crippen MR) is 83.2 cm³/mol. The molecular formula is C14H27N5O. The van der Waals surface area contributed by atoms with Crippen LogP contribution >= 0.6 is 0 Å². The molecule has 0 bridgehead atoms. The minimum atomic E-state index is 0.417. The monoisotopic (exact) mass is 281 g/mol. The summed E-state index contributed by atoms with van der Waals surface area (Å²) >= 11 is 0. The molecule has 0 radical (unpaired) electrons. The molecule has 20 heavy (non-hydrogen) atoms. The normalized spacial score (nSPS) is 11.2. The lowest BCUT2D eigenvalue weighted by atomic mass is 10.3. The first-order valence-corrected chi connectivity index (χ1v) is 7.05. The molecule has 0 unspecified atom stereocenters. The maximum Gasteiger partial charge on any atom is 0.158 e. The van der Waals surface area contributed by atoms with Gasteiger partial charge in [-0.1, -0.05) is 0 Å². The van der Waals surface area contributed by atoms with Crippen molar-refractivity contribution < 1.29 is 4.74 Å². The highest BCUT2D eigenvalue weighted by atomic mass is 16.5. The van der Waals surface area contributed by atoms with Gasteiger partial charge in [-0.2, -0.15) is 0 Å². The van der Waals surface area contributed by atoms with Crippen molar-refractivity contribution in [3.63, 3.8) is 0 Å². The quantitative estimate of drug-likeness (QED) is 0.673. The van der Waals surface area contributed by atoms with Crippen LogP contribution < -0.4 is 10.6 Å². The topological polar surface area (TPSA) is 62.3 Å². The Morgan fingerprint density at radius 2 is 2.00 bits per heavy atom. The van der Waals surface area contributed by atoms with Crippen molar-refractivity contribution in [3.05, 3.63) is 11.9 Å². The Balaban J connectivity index is 2.48. The van der Waals surface area contributed by atoms with Gasteiger partial charge in [-0.25, -0.2) is 9.97 Å². The molecule has 6 nitrogen and oxygen atoms in total. The van der Waals surface area contributed by atoms with Crippen molar-refractivity contribution in [2.75, 3.05) is 44.9 Å². The van der Waals surface area contributed by atoms with Crippen molar-refractivity contribution in [1.29, 1.82) is 0 Å². The van der Waals surface area contributed by atoms with E-state index in [4.69, 9.17) is 4.74 Å². The molecule has 0 saturated heterocycles. The molecule has 0 aliphatic carbocycles. The van der Waals surface area contributed by atoms with Crippen molar-refractivity contribution in [1.82, 2.24) is 14.9 Å². The van der Waals surface area contributed by atoms with Gasteiger partial charge >= 0.3 is 0 Å². The largest absolute Gasteiger partial charge is 0.377 e. The molecule has 2 N–H and O–H groups in total. The average Bonchev–Trinajstić information content (AvgIpc) is 2.43. The highest BCUT2D eigenvalue weighted by Crippen LogP contribution is 2.11. The number of nitrogens with zero attached hydrogens (tertiary/aromatic N) is 3. The van der Waals surface area contributed by atoms with E-state index in [9.17, 15) is 0 Å². The van der Waals surface area contributed by atoms with E-state index in [-0.39, 0.29) is 0 Å². The van der Waals surface area contributed by atoms with Crippen LogP contribution in [0.2, 0.25) is 0 Å². The Morgan fingerprint density at radius 3 is 2.60 bits per heavy atom. The third-order valence-electron chi connectivity index (χ3n) is 3.18. The van der Waals surface area contributed by atoms with Gasteiger partial charge in [0.2, 0.25) is 0 Å². The van der Waals surface area contributed by atoms with Gasteiger partial charge in [-0.05, 0) is 33.9 Å². The first-order chi connectivity index (χ1) is 9.56. The Morgan fingerprint density at radius 1 is 1.30 bits per heavy atom. The smallest absolute Gasteiger partial charge is 0.158 e. The van der Waals surface area contributed by atoms with Gasteiger partial charge in [0.25, 0.3) is 0 Å². The van der Waals surface area contributed by atoms with Crippen molar-refractivity contribution in [3.8, 4) is 0 Å². The van der Waals surface area contributed by atoms with Gasteiger partial charge in [-0.15, -0.1) is 0 Å². The average molecular weight is 281 g/mol. The van der Waals surface area contributed by atoms with Crippen LogP contribution in [-0.4, -0.2) is 55.2 Å². The number of methoxy groups -OCH3 is 1. The Labute approximate surface area is 121 Å². The molecule has 114 valence electrons. The minimum Gasteiger partial charge on any atom is -0.377 e. The number of hydrogen-bond donors (Lipinski definition) is 2. The van der Waals surface area contributed by atoms with E-state index >= 15 is 0 Å². The Kier molecular flexibility index (Phi) is 7.25. The lowest BCUT2D eigenvalue weighted by molar-refractivity contribution is 0.178. The molecule has 6 heteroatoms. The molecular weight excluding hydrogens is 254 g/mol. The van der Waals surface area contributed by atoms with Crippen LogP contribution in [0, 0.1) is 0 Å². The summed E-state index contributed by atoms with van der Waals surface area (Å²) in [6.07, 6.45) is 1.08. The molecule has 1 aromatic rings. The van der Waals surface area contributed by atoms with E-state index < -0.39 is 0 Å². The van der Waals surface area contributed by atoms with E-state index in [1.165, 1.54) is 0 Å². The summed E-state index contributed by atoms with van der Waals surface area (Å²) in [5.74, 6) is 2.32. The summed E-state index contributed by atoms with van der Waals surface area (Å²) in [5, 5.41) is 6.37. The van der Waals surface area contributed by atoms with E-state index in [1.807, 2.05) is 13.1 Å². The summed E-state index contributed by atoms with van der Waals surface area (Å²) in [5.41, 5.74) is 0. The summed E-state index contributed by atoms with van der Waals surface area (Å²) in [7, 11) is 5.63. The van der Waals surface area contributed by atoms with Gasteiger partial charge in [0.15, 0.2) is 5.82 Å². The number of aromatic nitrogens is 2. The van der Waals surface area contributed by atoms with Crippen molar-refractivity contribution >= 4 is 11.6 Å². The fourth-order valence-corrected chi connectivity index (χ4v) is 1.71. The zero-order valence-corrected chi connectivity index (χ0v) is 13.2. The fourth-order valence-electron chi connectivity index (χ4n) is 1.71. The third kappa shape index (κ3) is 5.71. The van der Waals surface area contributed by atoms with Crippen molar-refractivity contribution in [2.24, 2.45) is 0 Å². The fraction of sp³-hybridized carbons (Fsp3) is 0.714. The molecule has 0 atom stereocenters. The summed E-state index contributed by atoms with van der Waals surface area (Å²) in [4.78, 5) is 11.1. The second-order valence-electron chi connectivity index (χ2n) is 5.09. The summed E-state index contributed by atoms with van der Waals surface area (Å²) < 4.78 is 5.08. The number of hydrogen-bond acceptors (Lipinski definition) is 6. The molecule has 1 rings (SSSR count). The maximum atomic E-state index is 5.08. The van der Waals surface area contributed by atoms with Crippen LogP contribution in [-0.2, 0) is 11.3 Å². The van der Waals surface area contributed by atoms with Crippen LogP contribution in [0.3, 0.4) is 0 Å². The zero-order chi connectivity index (χ0) is 15.0.